The highest BCUT2D eigenvalue weighted by atomic mass is 32.2. The zero-order chi connectivity index (χ0) is 16.4. The molecule has 2 aliphatic rings. The fourth-order valence-corrected chi connectivity index (χ4v) is 4.06. The van der Waals surface area contributed by atoms with Crippen molar-refractivity contribution in [1.29, 1.82) is 0 Å². The largest absolute Gasteiger partial charge is 0.338 e. The maximum Gasteiger partial charge on any atom is 0.254 e. The van der Waals surface area contributed by atoms with Gasteiger partial charge in [-0.2, -0.15) is 0 Å². The van der Waals surface area contributed by atoms with Crippen LogP contribution in [0.4, 0.5) is 0 Å². The molecule has 2 heterocycles. The number of hydrogen-bond acceptors (Lipinski definition) is 4. The highest BCUT2D eigenvalue weighted by Crippen LogP contribution is 2.16. The maximum atomic E-state index is 12.7. The van der Waals surface area contributed by atoms with Crippen molar-refractivity contribution in [3.8, 4) is 0 Å². The van der Waals surface area contributed by atoms with Gasteiger partial charge in [-0.25, -0.2) is 0 Å². The number of amides is 2. The van der Waals surface area contributed by atoms with Crippen molar-refractivity contribution in [2.45, 2.75) is 19.9 Å². The van der Waals surface area contributed by atoms with Crippen LogP contribution in [0.2, 0.25) is 0 Å². The fourth-order valence-electron chi connectivity index (χ4n) is 3.13. The average Bonchev–Trinajstić information content (AvgIpc) is 3.08. The van der Waals surface area contributed by atoms with Crippen molar-refractivity contribution >= 4 is 23.6 Å². The number of thioether (sulfide) groups is 1. The van der Waals surface area contributed by atoms with E-state index in [0.29, 0.717) is 26.2 Å². The van der Waals surface area contributed by atoms with Crippen molar-refractivity contribution in [2.75, 3.05) is 37.8 Å². The molecule has 0 aliphatic carbocycles. The number of benzene rings is 1. The van der Waals surface area contributed by atoms with Crippen molar-refractivity contribution < 1.29 is 9.59 Å². The van der Waals surface area contributed by atoms with E-state index in [1.165, 1.54) is 0 Å². The molecule has 2 fully saturated rings. The molecule has 0 spiro atoms. The van der Waals surface area contributed by atoms with E-state index in [0.717, 1.165) is 28.3 Å². The first-order chi connectivity index (χ1) is 11.1. The smallest absolute Gasteiger partial charge is 0.254 e. The number of rotatable bonds is 2. The third-order valence-corrected chi connectivity index (χ3v) is 5.45. The van der Waals surface area contributed by atoms with Crippen molar-refractivity contribution in [1.82, 2.24) is 15.1 Å². The summed E-state index contributed by atoms with van der Waals surface area (Å²) < 4.78 is 0. The first kappa shape index (κ1) is 16.3. The molecule has 0 aromatic heterocycles. The molecular weight excluding hydrogens is 310 g/mol. The second-order valence-corrected chi connectivity index (χ2v) is 7.24. The van der Waals surface area contributed by atoms with E-state index in [1.807, 2.05) is 41.8 Å². The monoisotopic (exact) mass is 333 g/mol. The Hall–Kier alpha value is -1.53. The lowest BCUT2D eigenvalue weighted by atomic mass is 10.0. The predicted molar refractivity (Wildman–Crippen MR) is 92.6 cm³/mol. The van der Waals surface area contributed by atoms with Gasteiger partial charge in [-0.3, -0.25) is 14.9 Å². The summed E-state index contributed by atoms with van der Waals surface area (Å²) in [4.78, 5) is 28.8. The molecule has 2 amide bonds. The van der Waals surface area contributed by atoms with Crippen LogP contribution < -0.4 is 5.32 Å². The van der Waals surface area contributed by atoms with Gasteiger partial charge in [-0.05, 0) is 25.5 Å². The number of carbonyl (C=O) groups excluding carboxylic acids is 2. The first-order valence-corrected chi connectivity index (χ1v) is 9.18. The number of hydrogen-bond donors (Lipinski definition) is 1. The number of piperazine rings is 1. The summed E-state index contributed by atoms with van der Waals surface area (Å²) in [5.41, 5.74) is 2.95. The summed E-state index contributed by atoms with van der Waals surface area (Å²) in [7, 11) is 0. The van der Waals surface area contributed by atoms with E-state index in [2.05, 4.69) is 5.32 Å². The maximum absolute atomic E-state index is 12.7. The van der Waals surface area contributed by atoms with Crippen LogP contribution in [0.15, 0.2) is 18.2 Å². The lowest BCUT2D eigenvalue weighted by Crippen LogP contribution is -2.54. The quantitative estimate of drug-likeness (QED) is 0.885. The average molecular weight is 333 g/mol. The molecule has 23 heavy (non-hydrogen) atoms. The first-order valence-electron chi connectivity index (χ1n) is 8.02. The van der Waals surface area contributed by atoms with Gasteiger partial charge in [-0.1, -0.05) is 17.7 Å². The molecule has 1 N–H and O–H groups in total. The second-order valence-electron chi connectivity index (χ2n) is 6.21. The summed E-state index contributed by atoms with van der Waals surface area (Å²) >= 11 is 1.76. The Morgan fingerprint density at radius 1 is 1.13 bits per heavy atom. The Labute approximate surface area is 141 Å². The Morgan fingerprint density at radius 2 is 1.83 bits per heavy atom. The molecule has 1 aromatic rings. The highest BCUT2D eigenvalue weighted by Gasteiger charge is 2.31. The van der Waals surface area contributed by atoms with E-state index in [9.17, 15) is 9.59 Å². The minimum atomic E-state index is -0.0541. The molecule has 2 saturated heterocycles. The Balaban J connectivity index is 1.60. The Bertz CT molecular complexity index is 606. The van der Waals surface area contributed by atoms with Crippen LogP contribution >= 0.6 is 11.8 Å². The molecule has 0 bridgehead atoms. The highest BCUT2D eigenvalue weighted by molar-refractivity contribution is 7.99. The number of nitrogens with one attached hydrogen (secondary N) is 1. The van der Waals surface area contributed by atoms with E-state index in [-0.39, 0.29) is 17.9 Å². The van der Waals surface area contributed by atoms with E-state index < -0.39 is 0 Å². The predicted octanol–water partition coefficient (Wildman–Crippen LogP) is 1.25. The third kappa shape index (κ3) is 3.53. The fraction of sp³-hybridized carbons (Fsp3) is 0.529. The number of nitrogens with zero attached hydrogens (tertiary/aromatic N) is 2. The molecular formula is C17H23N3O2S. The number of carbonyl (C=O) groups is 2. The van der Waals surface area contributed by atoms with Crippen LogP contribution in [-0.2, 0) is 4.79 Å². The van der Waals surface area contributed by atoms with Crippen LogP contribution in [-0.4, -0.2) is 65.5 Å². The summed E-state index contributed by atoms with van der Waals surface area (Å²) in [6.45, 7) is 6.47. The lowest BCUT2D eigenvalue weighted by molar-refractivity contribution is -0.134. The molecule has 0 radical (unpaired) electrons. The summed E-state index contributed by atoms with van der Waals surface area (Å²) in [5.74, 6) is 1.94. The van der Waals surface area contributed by atoms with Crippen LogP contribution in [0.5, 0.6) is 0 Å². The van der Waals surface area contributed by atoms with Gasteiger partial charge in [0.05, 0.1) is 6.04 Å². The minimum absolute atomic E-state index is 0.0541. The SMILES string of the molecule is Cc1ccc(C(=O)N2CCN(C(=O)C3CSCN3)CC2)c(C)c1. The molecule has 5 nitrogen and oxygen atoms in total. The normalized spacial score (nSPS) is 21.6. The number of aryl methyl sites for hydroxylation is 2. The van der Waals surface area contributed by atoms with Gasteiger partial charge in [0.25, 0.3) is 5.91 Å². The van der Waals surface area contributed by atoms with Gasteiger partial charge in [0.2, 0.25) is 5.91 Å². The summed E-state index contributed by atoms with van der Waals surface area (Å²) in [6.07, 6.45) is 0. The summed E-state index contributed by atoms with van der Waals surface area (Å²) in [6, 6.07) is 5.87. The summed E-state index contributed by atoms with van der Waals surface area (Å²) in [5, 5.41) is 3.22. The zero-order valence-electron chi connectivity index (χ0n) is 13.7. The van der Waals surface area contributed by atoms with Gasteiger partial charge in [0, 0.05) is 43.4 Å². The molecule has 3 rings (SSSR count). The van der Waals surface area contributed by atoms with Gasteiger partial charge in [0.1, 0.15) is 0 Å². The van der Waals surface area contributed by atoms with E-state index in [1.54, 1.807) is 11.8 Å². The third-order valence-electron chi connectivity index (χ3n) is 4.51. The van der Waals surface area contributed by atoms with Crippen LogP contribution in [0.1, 0.15) is 21.5 Å². The molecule has 1 atom stereocenters. The van der Waals surface area contributed by atoms with E-state index >= 15 is 0 Å². The topological polar surface area (TPSA) is 52.7 Å². The van der Waals surface area contributed by atoms with Gasteiger partial charge >= 0.3 is 0 Å². The van der Waals surface area contributed by atoms with Gasteiger partial charge < -0.3 is 9.80 Å². The zero-order valence-corrected chi connectivity index (χ0v) is 14.5. The van der Waals surface area contributed by atoms with Crippen LogP contribution in [0.25, 0.3) is 0 Å². The van der Waals surface area contributed by atoms with Crippen molar-refractivity contribution in [3.63, 3.8) is 0 Å². The lowest BCUT2D eigenvalue weighted by Gasteiger charge is -2.36. The molecule has 0 saturated carbocycles. The molecule has 1 unspecified atom stereocenters. The second kappa shape index (κ2) is 6.93. The van der Waals surface area contributed by atoms with Crippen molar-refractivity contribution in [2.24, 2.45) is 0 Å². The van der Waals surface area contributed by atoms with Crippen molar-refractivity contribution in [3.05, 3.63) is 34.9 Å². The Kier molecular flexibility index (Phi) is 4.92. The van der Waals surface area contributed by atoms with Crippen LogP contribution in [0.3, 0.4) is 0 Å². The van der Waals surface area contributed by atoms with Crippen LogP contribution in [0, 0.1) is 13.8 Å². The minimum Gasteiger partial charge on any atom is -0.338 e. The van der Waals surface area contributed by atoms with Gasteiger partial charge in [0.15, 0.2) is 0 Å². The van der Waals surface area contributed by atoms with Gasteiger partial charge in [-0.15, -0.1) is 11.8 Å². The molecule has 2 aliphatic heterocycles. The molecule has 124 valence electrons. The van der Waals surface area contributed by atoms with E-state index in [4.69, 9.17) is 0 Å². The Morgan fingerprint density at radius 3 is 2.43 bits per heavy atom. The molecule has 6 heteroatoms. The molecule has 1 aromatic carbocycles. The standard InChI is InChI=1S/C17H23N3O2S/c1-12-3-4-14(13(2)9-12)16(21)19-5-7-20(8-6-19)17(22)15-10-23-11-18-15/h3-4,9,15,18H,5-8,10-11H2,1-2H3.